The van der Waals surface area contributed by atoms with E-state index in [-0.39, 0.29) is 17.5 Å². The Hall–Kier alpha value is -2.56. The van der Waals surface area contributed by atoms with Gasteiger partial charge in [0.25, 0.3) is 0 Å². The summed E-state index contributed by atoms with van der Waals surface area (Å²) in [5.41, 5.74) is 5.01. The molecule has 0 radical (unpaired) electrons. The Labute approximate surface area is 97.3 Å². The van der Waals surface area contributed by atoms with Crippen LogP contribution in [-0.4, -0.2) is 46.9 Å². The summed E-state index contributed by atoms with van der Waals surface area (Å²) in [6.45, 7) is 0. The lowest BCUT2D eigenvalue weighted by Gasteiger charge is -1.77. The van der Waals surface area contributed by atoms with E-state index in [0.717, 1.165) is 11.5 Å². The number of aromatic carboxylic acids is 2. The number of nitrogens with zero attached hydrogens (tertiary/aromatic N) is 4. The Morgan fingerprint density at radius 3 is 2.29 bits per heavy atom. The van der Waals surface area contributed by atoms with Crippen molar-refractivity contribution in [2.75, 3.05) is 5.73 Å². The van der Waals surface area contributed by atoms with Gasteiger partial charge >= 0.3 is 11.9 Å². The number of rotatable bonds is 2. The van der Waals surface area contributed by atoms with Gasteiger partial charge in [0.2, 0.25) is 11.8 Å². The number of aromatic amines is 1. The zero-order valence-electron chi connectivity index (χ0n) is 8.06. The van der Waals surface area contributed by atoms with Crippen molar-refractivity contribution < 1.29 is 19.8 Å². The SMILES string of the molecule is Nc1n[nH]c(C(=O)O)n1.O=C(O)c1csnn1. The fourth-order valence-electron chi connectivity index (χ4n) is 0.628. The molecule has 0 aliphatic carbocycles. The first-order chi connectivity index (χ1) is 8.00. The van der Waals surface area contributed by atoms with Crippen LogP contribution in [0.5, 0.6) is 0 Å². The molecule has 0 spiro atoms. The quantitative estimate of drug-likeness (QED) is 0.545. The minimum atomic E-state index is -1.17. The molecule has 0 bridgehead atoms. The lowest BCUT2D eigenvalue weighted by atomic mass is 10.5. The van der Waals surface area contributed by atoms with Crippen LogP contribution in [-0.2, 0) is 0 Å². The smallest absolute Gasteiger partial charge is 0.373 e. The monoisotopic (exact) mass is 258 g/mol. The van der Waals surface area contributed by atoms with Gasteiger partial charge in [0, 0.05) is 5.38 Å². The molecule has 90 valence electrons. The van der Waals surface area contributed by atoms with E-state index in [1.54, 1.807) is 0 Å². The Balaban J connectivity index is 0.000000171. The Morgan fingerprint density at radius 1 is 1.35 bits per heavy atom. The number of hydrogen-bond donors (Lipinski definition) is 4. The van der Waals surface area contributed by atoms with Crippen molar-refractivity contribution in [2.24, 2.45) is 0 Å². The van der Waals surface area contributed by atoms with E-state index in [2.05, 4.69) is 24.8 Å². The number of H-pyrrole nitrogens is 1. The first-order valence-electron chi connectivity index (χ1n) is 3.92. The van der Waals surface area contributed by atoms with Gasteiger partial charge in [-0.25, -0.2) is 9.59 Å². The van der Waals surface area contributed by atoms with Gasteiger partial charge in [-0.3, -0.25) is 5.10 Å². The number of aromatic nitrogens is 5. The van der Waals surface area contributed by atoms with Crippen molar-refractivity contribution in [3.8, 4) is 0 Å². The molecule has 0 aromatic carbocycles. The first-order valence-corrected chi connectivity index (χ1v) is 4.76. The fourth-order valence-corrected chi connectivity index (χ4v) is 1.06. The minimum Gasteiger partial charge on any atom is -0.476 e. The zero-order chi connectivity index (χ0) is 12.8. The molecule has 0 aliphatic rings. The van der Waals surface area contributed by atoms with Gasteiger partial charge in [-0.15, -0.1) is 10.2 Å². The summed E-state index contributed by atoms with van der Waals surface area (Å²) in [5.74, 6) is -2.50. The van der Waals surface area contributed by atoms with Gasteiger partial charge in [-0.2, -0.15) is 4.98 Å². The van der Waals surface area contributed by atoms with Crippen molar-refractivity contribution in [3.05, 3.63) is 16.9 Å². The Morgan fingerprint density at radius 2 is 2.06 bits per heavy atom. The molecule has 0 aliphatic heterocycles. The second-order valence-electron chi connectivity index (χ2n) is 2.44. The molecule has 0 atom stereocenters. The minimum absolute atomic E-state index is 0.00926. The number of carbonyl (C=O) groups is 2. The normalized spacial score (nSPS) is 9.18. The lowest BCUT2D eigenvalue weighted by Crippen LogP contribution is -1.98. The largest absolute Gasteiger partial charge is 0.476 e. The molecule has 0 fully saturated rings. The van der Waals surface area contributed by atoms with Gasteiger partial charge in [-0.05, 0) is 11.5 Å². The number of carboxylic acid groups (broad SMARTS) is 2. The topological polar surface area (TPSA) is 168 Å². The van der Waals surface area contributed by atoms with Gasteiger partial charge in [0.15, 0.2) is 5.69 Å². The summed E-state index contributed by atoms with van der Waals surface area (Å²) in [4.78, 5) is 23.3. The summed E-state index contributed by atoms with van der Waals surface area (Å²) in [6.07, 6.45) is 0. The molecule has 0 amide bonds. The van der Waals surface area contributed by atoms with E-state index in [4.69, 9.17) is 15.9 Å². The van der Waals surface area contributed by atoms with Crippen LogP contribution in [0.4, 0.5) is 5.95 Å². The van der Waals surface area contributed by atoms with Crippen molar-refractivity contribution >= 4 is 29.4 Å². The van der Waals surface area contributed by atoms with E-state index >= 15 is 0 Å². The van der Waals surface area contributed by atoms with Crippen LogP contribution in [0.2, 0.25) is 0 Å². The molecular weight excluding hydrogens is 252 g/mol. The standard InChI is InChI=1S/C3H4N4O2.C3H2N2O2S/c4-3-5-1(2(8)9)6-7-3;6-3(7)2-1-8-5-4-2/h(H,8,9)(H3,4,5,6,7);1H,(H,6,7). The summed E-state index contributed by atoms with van der Waals surface area (Å²) in [7, 11) is 0. The molecule has 5 N–H and O–H groups in total. The first kappa shape index (κ1) is 12.5. The van der Waals surface area contributed by atoms with Crippen molar-refractivity contribution in [1.29, 1.82) is 0 Å². The molecule has 2 aromatic rings. The summed E-state index contributed by atoms with van der Waals surface area (Å²) in [6, 6.07) is 0. The molecule has 0 saturated heterocycles. The highest BCUT2D eigenvalue weighted by Gasteiger charge is 2.06. The molecule has 2 rings (SSSR count). The fraction of sp³-hybridized carbons (Fsp3) is 0. The molecule has 0 unspecified atom stereocenters. The van der Waals surface area contributed by atoms with Gasteiger partial charge in [0.05, 0.1) is 0 Å². The van der Waals surface area contributed by atoms with E-state index < -0.39 is 11.9 Å². The Bertz CT molecular complexity index is 508. The highest BCUT2D eigenvalue weighted by atomic mass is 32.1. The van der Waals surface area contributed by atoms with Gasteiger partial charge in [0.1, 0.15) is 0 Å². The maximum absolute atomic E-state index is 10.0. The van der Waals surface area contributed by atoms with E-state index in [9.17, 15) is 9.59 Å². The maximum Gasteiger partial charge on any atom is 0.373 e. The van der Waals surface area contributed by atoms with Crippen LogP contribution < -0.4 is 5.73 Å². The summed E-state index contributed by atoms with van der Waals surface area (Å²) < 4.78 is 3.35. The van der Waals surface area contributed by atoms with Gasteiger partial charge in [-0.1, -0.05) is 4.49 Å². The van der Waals surface area contributed by atoms with Crippen LogP contribution in [0.25, 0.3) is 0 Å². The van der Waals surface area contributed by atoms with Gasteiger partial charge < -0.3 is 15.9 Å². The number of nitrogens with two attached hydrogens (primary N) is 1. The molecular formula is C6H6N6O4S. The molecule has 17 heavy (non-hydrogen) atoms. The van der Waals surface area contributed by atoms with Crippen LogP contribution in [0.15, 0.2) is 5.38 Å². The van der Waals surface area contributed by atoms with Crippen molar-refractivity contribution in [1.82, 2.24) is 24.8 Å². The maximum atomic E-state index is 10.0. The van der Waals surface area contributed by atoms with Crippen LogP contribution in [0, 0.1) is 0 Å². The number of carboxylic acids is 2. The van der Waals surface area contributed by atoms with E-state index in [1.807, 2.05) is 0 Å². The third-order valence-electron chi connectivity index (χ3n) is 1.28. The van der Waals surface area contributed by atoms with Crippen molar-refractivity contribution in [2.45, 2.75) is 0 Å². The highest BCUT2D eigenvalue weighted by molar-refractivity contribution is 7.03. The van der Waals surface area contributed by atoms with Crippen LogP contribution in [0.3, 0.4) is 0 Å². The third kappa shape index (κ3) is 3.83. The number of anilines is 1. The second kappa shape index (κ2) is 5.50. The molecule has 10 nitrogen and oxygen atoms in total. The predicted molar refractivity (Wildman–Crippen MR) is 54.6 cm³/mol. The molecule has 0 saturated carbocycles. The van der Waals surface area contributed by atoms with E-state index in [0.29, 0.717) is 0 Å². The third-order valence-corrected chi connectivity index (χ3v) is 1.79. The average molecular weight is 258 g/mol. The Kier molecular flexibility index (Phi) is 4.05. The number of hydrogen-bond acceptors (Lipinski definition) is 8. The van der Waals surface area contributed by atoms with Crippen LogP contribution >= 0.6 is 11.5 Å². The zero-order valence-corrected chi connectivity index (χ0v) is 8.88. The predicted octanol–water partition coefficient (Wildman–Crippen LogP) is -0.679. The second-order valence-corrected chi connectivity index (χ2v) is 3.05. The average Bonchev–Trinajstić information content (AvgIpc) is 2.87. The molecule has 11 heteroatoms. The van der Waals surface area contributed by atoms with Crippen LogP contribution in [0.1, 0.15) is 21.1 Å². The lowest BCUT2D eigenvalue weighted by molar-refractivity contribution is 0.0676. The van der Waals surface area contributed by atoms with E-state index in [1.165, 1.54) is 5.38 Å². The number of nitrogens with one attached hydrogen (secondary N) is 1. The number of nitrogen functional groups attached to an aromatic ring is 1. The molecule has 2 heterocycles. The summed E-state index contributed by atoms with van der Waals surface area (Å²) >= 11 is 1.03. The van der Waals surface area contributed by atoms with Crippen molar-refractivity contribution in [3.63, 3.8) is 0 Å². The highest BCUT2D eigenvalue weighted by Crippen LogP contribution is 1.94. The summed E-state index contributed by atoms with van der Waals surface area (Å²) in [5, 5.41) is 26.5. The molecule has 2 aromatic heterocycles.